The largest absolute Gasteiger partial charge is 0.307 e. The molecule has 5 nitrogen and oxygen atoms in total. The minimum absolute atomic E-state index is 0.166. The molecule has 0 saturated carbocycles. The van der Waals surface area contributed by atoms with Crippen LogP contribution in [0.2, 0.25) is 0 Å². The molecule has 1 amide bonds. The van der Waals surface area contributed by atoms with E-state index in [-0.39, 0.29) is 10.8 Å². The van der Waals surface area contributed by atoms with Crippen LogP contribution in [-0.4, -0.2) is 37.5 Å². The normalized spacial score (nSPS) is 16.7. The van der Waals surface area contributed by atoms with E-state index >= 15 is 0 Å². The van der Waals surface area contributed by atoms with Crippen LogP contribution in [0.25, 0.3) is 0 Å². The summed E-state index contributed by atoms with van der Waals surface area (Å²) in [6, 6.07) is 22.3. The molecule has 0 bridgehead atoms. The zero-order valence-corrected chi connectivity index (χ0v) is 19.2. The van der Waals surface area contributed by atoms with Crippen LogP contribution in [0.1, 0.15) is 27.9 Å². The Morgan fingerprint density at radius 3 is 2.53 bits per heavy atom. The van der Waals surface area contributed by atoms with Crippen LogP contribution in [-0.2, 0) is 23.0 Å². The molecule has 0 atom stereocenters. The van der Waals surface area contributed by atoms with E-state index < -0.39 is 10.0 Å². The van der Waals surface area contributed by atoms with Gasteiger partial charge in [-0.15, -0.1) is 11.8 Å². The van der Waals surface area contributed by atoms with Crippen molar-refractivity contribution >= 4 is 33.4 Å². The predicted octanol–water partition coefficient (Wildman–Crippen LogP) is 4.58. The summed E-state index contributed by atoms with van der Waals surface area (Å²) >= 11 is 1.75. The maximum Gasteiger partial charge on any atom is 0.258 e. The lowest BCUT2D eigenvalue weighted by Crippen LogP contribution is -2.36. The van der Waals surface area contributed by atoms with Crippen molar-refractivity contribution in [2.45, 2.75) is 29.2 Å². The molecule has 7 heteroatoms. The molecule has 2 aliphatic heterocycles. The monoisotopic (exact) mass is 464 g/mol. The Labute approximate surface area is 193 Å². The smallest absolute Gasteiger partial charge is 0.258 e. The lowest BCUT2D eigenvalue weighted by Gasteiger charge is -2.28. The molecule has 0 spiro atoms. The Kier molecular flexibility index (Phi) is 5.80. The molecule has 3 aromatic rings. The molecule has 0 radical (unpaired) electrons. The van der Waals surface area contributed by atoms with Gasteiger partial charge in [0.25, 0.3) is 5.91 Å². The fraction of sp³-hybridized carbons (Fsp3) is 0.240. The Bertz CT molecular complexity index is 1270. The summed E-state index contributed by atoms with van der Waals surface area (Å²) in [5, 5.41) is 0. The summed E-state index contributed by atoms with van der Waals surface area (Å²) in [5.74, 6) is 0.784. The molecule has 0 aromatic heterocycles. The lowest BCUT2D eigenvalue weighted by molar-refractivity contribution is 0.0986. The van der Waals surface area contributed by atoms with Crippen molar-refractivity contribution in [2.75, 3.05) is 23.7 Å². The van der Waals surface area contributed by atoms with Gasteiger partial charge in [-0.25, -0.2) is 8.42 Å². The summed E-state index contributed by atoms with van der Waals surface area (Å²) in [6.07, 6.45) is 1.58. The van der Waals surface area contributed by atoms with Gasteiger partial charge < -0.3 is 4.90 Å². The van der Waals surface area contributed by atoms with Crippen LogP contribution >= 0.6 is 11.8 Å². The molecule has 5 rings (SSSR count). The van der Waals surface area contributed by atoms with Gasteiger partial charge in [0, 0.05) is 30.1 Å². The highest BCUT2D eigenvalue weighted by Gasteiger charge is 2.29. The highest BCUT2D eigenvalue weighted by molar-refractivity contribution is 7.99. The van der Waals surface area contributed by atoms with Gasteiger partial charge >= 0.3 is 0 Å². The lowest BCUT2D eigenvalue weighted by atomic mass is 10.0. The van der Waals surface area contributed by atoms with Gasteiger partial charge in [-0.05, 0) is 60.1 Å². The molecule has 0 fully saturated rings. The van der Waals surface area contributed by atoms with Crippen LogP contribution in [0.3, 0.4) is 0 Å². The van der Waals surface area contributed by atoms with Crippen molar-refractivity contribution in [3.05, 3.63) is 89.5 Å². The number of benzene rings is 3. The van der Waals surface area contributed by atoms with Crippen LogP contribution in [0.5, 0.6) is 0 Å². The fourth-order valence-corrected chi connectivity index (χ4v) is 6.77. The second kappa shape index (κ2) is 8.73. The highest BCUT2D eigenvalue weighted by Crippen LogP contribution is 2.34. The number of para-hydroxylation sites is 1. The third kappa shape index (κ3) is 3.96. The van der Waals surface area contributed by atoms with Crippen molar-refractivity contribution in [3.63, 3.8) is 0 Å². The Balaban J connectivity index is 1.44. The second-order valence-corrected chi connectivity index (χ2v) is 11.1. The van der Waals surface area contributed by atoms with Gasteiger partial charge in [0.15, 0.2) is 0 Å². The number of hydrogen-bond donors (Lipinski definition) is 0. The van der Waals surface area contributed by atoms with Crippen molar-refractivity contribution in [1.29, 1.82) is 0 Å². The van der Waals surface area contributed by atoms with Crippen molar-refractivity contribution in [1.82, 2.24) is 4.31 Å². The standard InChI is InChI=1S/C25H24N2O3S2/c28-25(27-14-6-16-31-24-12-4-3-11-23(24)27)20-9-5-10-22(17-20)32(29,30)26-15-13-19-7-1-2-8-21(19)18-26/h1-5,7-12,17H,6,13-16,18H2. The average molecular weight is 465 g/mol. The quantitative estimate of drug-likeness (QED) is 0.570. The van der Waals surface area contributed by atoms with Crippen LogP contribution in [0.4, 0.5) is 5.69 Å². The van der Waals surface area contributed by atoms with Gasteiger partial charge in [0.1, 0.15) is 0 Å². The summed E-state index contributed by atoms with van der Waals surface area (Å²) in [4.78, 5) is 16.5. The van der Waals surface area contributed by atoms with E-state index in [2.05, 4.69) is 6.07 Å². The second-order valence-electron chi connectivity index (χ2n) is 8.01. The number of sulfonamides is 1. The predicted molar refractivity (Wildman–Crippen MR) is 128 cm³/mol. The summed E-state index contributed by atoms with van der Waals surface area (Å²) in [5.41, 5.74) is 3.51. The van der Waals surface area contributed by atoms with Crippen molar-refractivity contribution in [2.24, 2.45) is 0 Å². The number of amides is 1. The fourth-order valence-electron chi connectivity index (χ4n) is 4.31. The van der Waals surface area contributed by atoms with Crippen LogP contribution in [0.15, 0.2) is 82.6 Å². The number of fused-ring (bicyclic) bond motifs is 2. The molecular formula is C25H24N2O3S2. The number of anilines is 1. The van der Waals surface area contributed by atoms with Crippen LogP contribution < -0.4 is 4.90 Å². The minimum atomic E-state index is -3.70. The first-order valence-electron chi connectivity index (χ1n) is 10.7. The van der Waals surface area contributed by atoms with Crippen molar-refractivity contribution < 1.29 is 13.2 Å². The SMILES string of the molecule is O=C(c1cccc(S(=O)(=O)N2CCc3ccccc3C2)c1)N1CCCSc2ccccc21. The number of carbonyl (C=O) groups excluding carboxylic acids is 1. The average Bonchev–Trinajstić information content (AvgIpc) is 3.06. The van der Waals surface area contributed by atoms with Crippen LogP contribution in [0, 0.1) is 0 Å². The zero-order valence-electron chi connectivity index (χ0n) is 17.6. The Morgan fingerprint density at radius 1 is 0.875 bits per heavy atom. The molecule has 164 valence electrons. The topological polar surface area (TPSA) is 57.7 Å². The third-order valence-electron chi connectivity index (χ3n) is 6.00. The molecular weight excluding hydrogens is 440 g/mol. The van der Waals surface area contributed by atoms with E-state index in [1.165, 1.54) is 15.9 Å². The highest BCUT2D eigenvalue weighted by atomic mass is 32.2. The Morgan fingerprint density at radius 2 is 1.66 bits per heavy atom. The zero-order chi connectivity index (χ0) is 22.1. The van der Waals surface area contributed by atoms with Gasteiger partial charge in [-0.3, -0.25) is 4.79 Å². The number of thioether (sulfide) groups is 1. The van der Waals surface area contributed by atoms with Crippen molar-refractivity contribution in [3.8, 4) is 0 Å². The molecule has 0 saturated heterocycles. The summed E-state index contributed by atoms with van der Waals surface area (Å²) in [6.45, 7) is 1.41. The maximum atomic E-state index is 13.4. The minimum Gasteiger partial charge on any atom is -0.307 e. The molecule has 2 heterocycles. The summed E-state index contributed by atoms with van der Waals surface area (Å²) < 4.78 is 28.3. The molecule has 3 aromatic carbocycles. The number of carbonyl (C=O) groups is 1. The number of hydrogen-bond acceptors (Lipinski definition) is 4. The van der Waals surface area contributed by atoms with E-state index in [0.29, 0.717) is 31.6 Å². The first-order chi connectivity index (χ1) is 15.5. The van der Waals surface area contributed by atoms with Gasteiger partial charge in [-0.1, -0.05) is 42.5 Å². The molecule has 2 aliphatic rings. The Hall–Kier alpha value is -2.61. The van der Waals surface area contributed by atoms with Gasteiger partial charge in [0.05, 0.1) is 10.6 Å². The third-order valence-corrected chi connectivity index (χ3v) is 8.99. The van der Waals surface area contributed by atoms with E-state index in [1.54, 1.807) is 34.9 Å². The first-order valence-corrected chi connectivity index (χ1v) is 13.2. The molecule has 0 aliphatic carbocycles. The van der Waals surface area contributed by atoms with Gasteiger partial charge in [-0.2, -0.15) is 4.31 Å². The van der Waals surface area contributed by atoms with Gasteiger partial charge in [0.2, 0.25) is 10.0 Å². The van der Waals surface area contributed by atoms with E-state index in [9.17, 15) is 13.2 Å². The molecule has 32 heavy (non-hydrogen) atoms. The first kappa shape index (κ1) is 21.2. The number of nitrogens with zero attached hydrogens (tertiary/aromatic N) is 2. The van der Waals surface area contributed by atoms with E-state index in [1.807, 2.05) is 42.5 Å². The maximum absolute atomic E-state index is 13.4. The van der Waals surface area contributed by atoms with E-state index in [0.717, 1.165) is 28.3 Å². The molecule has 0 N–H and O–H groups in total. The molecule has 0 unspecified atom stereocenters. The van der Waals surface area contributed by atoms with E-state index in [4.69, 9.17) is 0 Å². The number of rotatable bonds is 3. The summed E-state index contributed by atoms with van der Waals surface area (Å²) in [7, 11) is -3.70.